The largest absolute Gasteiger partial charge is 0.508 e. The fourth-order valence-corrected chi connectivity index (χ4v) is 6.75. The number of nitrogens with zero attached hydrogens (tertiary/aromatic N) is 3. The van der Waals surface area contributed by atoms with Crippen molar-refractivity contribution >= 4 is 32.9 Å². The first kappa shape index (κ1) is 24.2. The quantitative estimate of drug-likeness (QED) is 0.373. The minimum atomic E-state index is -3.62. The fourth-order valence-electron chi connectivity index (χ4n) is 5.19. The summed E-state index contributed by atoms with van der Waals surface area (Å²) in [6, 6.07) is 11.1. The van der Waals surface area contributed by atoms with Crippen molar-refractivity contribution < 1.29 is 28.2 Å². The zero-order chi connectivity index (χ0) is 26.6. The topological polar surface area (TPSA) is 122 Å². The van der Waals surface area contributed by atoms with Crippen LogP contribution in [0.15, 0.2) is 65.5 Å². The summed E-state index contributed by atoms with van der Waals surface area (Å²) in [5, 5.41) is 20.7. The minimum Gasteiger partial charge on any atom is -0.508 e. The predicted molar refractivity (Wildman–Crippen MR) is 141 cm³/mol. The number of ether oxygens (including phenoxy) is 1. The number of carbonyl (C=O) groups excluding carboxylic acids is 1. The molecule has 2 aromatic heterocycles. The van der Waals surface area contributed by atoms with E-state index in [1.807, 2.05) is 23.7 Å². The van der Waals surface area contributed by atoms with Gasteiger partial charge in [-0.2, -0.15) is 4.31 Å². The summed E-state index contributed by atoms with van der Waals surface area (Å²) in [6.45, 7) is 1.04. The molecule has 4 aromatic rings. The van der Waals surface area contributed by atoms with E-state index in [1.54, 1.807) is 41.0 Å². The Morgan fingerprint density at radius 1 is 1.05 bits per heavy atom. The molecule has 1 fully saturated rings. The van der Waals surface area contributed by atoms with E-state index >= 15 is 0 Å². The van der Waals surface area contributed by atoms with Gasteiger partial charge in [0.1, 0.15) is 28.5 Å². The van der Waals surface area contributed by atoms with Crippen molar-refractivity contribution in [2.24, 2.45) is 7.05 Å². The summed E-state index contributed by atoms with van der Waals surface area (Å²) in [5.41, 5.74) is 2.72. The van der Waals surface area contributed by atoms with Gasteiger partial charge in [-0.3, -0.25) is 4.79 Å². The number of hydrogen-bond donors (Lipinski definition) is 2. The molecule has 194 valence electrons. The van der Waals surface area contributed by atoms with Gasteiger partial charge in [0, 0.05) is 55.6 Å². The molecular weight excluding hydrogens is 506 g/mol. The van der Waals surface area contributed by atoms with E-state index in [0.29, 0.717) is 29.9 Å². The molecule has 0 atom stereocenters. The average Bonchev–Trinajstić information content (AvgIpc) is 3.40. The van der Waals surface area contributed by atoms with Gasteiger partial charge < -0.3 is 19.5 Å². The SMILES string of the molecule is Cn1cc(/C=C2\Oc3cc(O)cc(O)c3C2=O)c2c(-c3cccc(S(=O)(=O)N4CCCCC4)c3)ccnc21. The Balaban J connectivity index is 1.46. The second-order valence-corrected chi connectivity index (χ2v) is 11.5. The van der Waals surface area contributed by atoms with E-state index in [-0.39, 0.29) is 33.5 Å². The number of hydrogen-bond acceptors (Lipinski definition) is 7. The molecule has 0 radical (unpaired) electrons. The lowest BCUT2D eigenvalue weighted by atomic mass is 10.0. The Hall–Kier alpha value is -4.15. The van der Waals surface area contributed by atoms with Crippen molar-refractivity contribution in [3.05, 3.63) is 71.7 Å². The molecule has 6 rings (SSSR count). The number of carbonyl (C=O) groups is 1. The maximum Gasteiger partial charge on any atom is 0.243 e. The van der Waals surface area contributed by atoms with Crippen LogP contribution in [0.2, 0.25) is 0 Å². The first-order valence-electron chi connectivity index (χ1n) is 12.3. The van der Waals surface area contributed by atoms with Crippen LogP contribution >= 0.6 is 0 Å². The molecule has 0 aliphatic carbocycles. The Morgan fingerprint density at radius 2 is 1.84 bits per heavy atom. The third-order valence-electron chi connectivity index (χ3n) is 7.01. The molecule has 0 saturated carbocycles. The van der Waals surface area contributed by atoms with E-state index < -0.39 is 15.8 Å². The number of Topliss-reactive ketones (excluding diaryl/α,β-unsaturated/α-hetero) is 1. The Morgan fingerprint density at radius 3 is 2.63 bits per heavy atom. The highest BCUT2D eigenvalue weighted by molar-refractivity contribution is 7.89. The number of allylic oxidation sites excluding steroid dienone is 1. The highest BCUT2D eigenvalue weighted by atomic mass is 32.2. The lowest BCUT2D eigenvalue weighted by molar-refractivity contribution is 0.101. The van der Waals surface area contributed by atoms with Crippen LogP contribution in [0.3, 0.4) is 0 Å². The van der Waals surface area contributed by atoms with Crippen LogP contribution in [0, 0.1) is 0 Å². The van der Waals surface area contributed by atoms with E-state index in [9.17, 15) is 23.4 Å². The van der Waals surface area contributed by atoms with Gasteiger partial charge in [0.25, 0.3) is 0 Å². The van der Waals surface area contributed by atoms with Crippen molar-refractivity contribution in [1.29, 1.82) is 0 Å². The monoisotopic (exact) mass is 531 g/mol. The lowest BCUT2D eigenvalue weighted by Gasteiger charge is -2.26. The van der Waals surface area contributed by atoms with Gasteiger partial charge in [-0.1, -0.05) is 18.6 Å². The molecule has 10 heteroatoms. The van der Waals surface area contributed by atoms with Crippen LogP contribution in [-0.2, 0) is 17.1 Å². The number of phenols is 2. The van der Waals surface area contributed by atoms with Gasteiger partial charge in [0.15, 0.2) is 5.76 Å². The third-order valence-corrected chi connectivity index (χ3v) is 8.90. The molecule has 2 aliphatic heterocycles. The molecule has 1 saturated heterocycles. The van der Waals surface area contributed by atoms with Crippen LogP contribution in [0.1, 0.15) is 35.2 Å². The van der Waals surface area contributed by atoms with E-state index in [1.165, 1.54) is 6.07 Å². The number of fused-ring (bicyclic) bond motifs is 2. The van der Waals surface area contributed by atoms with Gasteiger partial charge in [-0.05, 0) is 48.2 Å². The van der Waals surface area contributed by atoms with Crippen LogP contribution in [-0.4, -0.2) is 51.4 Å². The standard InChI is InChI=1S/C28H25N3O6S/c1-30-16-18(13-24-27(34)26-22(33)14-19(32)15-23(26)37-24)25-21(8-9-29-28(25)30)17-6-5-7-20(12-17)38(35,36)31-10-3-2-4-11-31/h5-9,12-16,32-33H,2-4,10-11H2,1H3/b24-13-. The smallest absolute Gasteiger partial charge is 0.243 e. The fraction of sp³-hybridized carbons (Fsp3) is 0.214. The number of aryl methyl sites for hydroxylation is 1. The summed E-state index contributed by atoms with van der Waals surface area (Å²) in [4.78, 5) is 17.7. The number of benzene rings is 2. The molecule has 38 heavy (non-hydrogen) atoms. The molecule has 4 heterocycles. The molecule has 2 aliphatic rings. The van der Waals surface area contributed by atoms with Crippen molar-refractivity contribution in [1.82, 2.24) is 13.9 Å². The lowest BCUT2D eigenvalue weighted by Crippen LogP contribution is -2.35. The number of pyridine rings is 1. The van der Waals surface area contributed by atoms with Crippen LogP contribution < -0.4 is 4.74 Å². The maximum atomic E-state index is 13.3. The first-order valence-corrected chi connectivity index (χ1v) is 13.7. The second-order valence-electron chi connectivity index (χ2n) is 9.52. The van der Waals surface area contributed by atoms with Crippen LogP contribution in [0.5, 0.6) is 17.2 Å². The second kappa shape index (κ2) is 9.00. The zero-order valence-corrected chi connectivity index (χ0v) is 21.4. The number of aromatic hydroxyl groups is 2. The van der Waals surface area contributed by atoms with Gasteiger partial charge >= 0.3 is 0 Å². The Labute approximate surface area is 219 Å². The van der Waals surface area contributed by atoms with Gasteiger partial charge in [0.05, 0.1) is 4.90 Å². The number of piperidine rings is 1. The van der Waals surface area contributed by atoms with E-state index in [2.05, 4.69) is 4.98 Å². The summed E-state index contributed by atoms with van der Waals surface area (Å²) >= 11 is 0. The van der Waals surface area contributed by atoms with E-state index in [0.717, 1.165) is 36.3 Å². The van der Waals surface area contributed by atoms with Crippen molar-refractivity contribution in [3.63, 3.8) is 0 Å². The van der Waals surface area contributed by atoms with Gasteiger partial charge in [0.2, 0.25) is 15.8 Å². The highest BCUT2D eigenvalue weighted by Crippen LogP contribution is 2.41. The van der Waals surface area contributed by atoms with E-state index in [4.69, 9.17) is 4.74 Å². The van der Waals surface area contributed by atoms with Crippen LogP contribution in [0.25, 0.3) is 28.2 Å². The maximum absolute atomic E-state index is 13.3. The number of aromatic nitrogens is 2. The first-order chi connectivity index (χ1) is 18.2. The number of rotatable bonds is 4. The van der Waals surface area contributed by atoms with Crippen molar-refractivity contribution in [2.75, 3.05) is 13.1 Å². The molecular formula is C28H25N3O6S. The Bertz CT molecular complexity index is 1750. The number of phenolic OH excluding ortho intramolecular Hbond substituents is 2. The summed E-state index contributed by atoms with van der Waals surface area (Å²) in [5.74, 6) is -1.01. The molecule has 0 bridgehead atoms. The zero-order valence-electron chi connectivity index (χ0n) is 20.6. The molecule has 0 unspecified atom stereocenters. The molecule has 9 nitrogen and oxygen atoms in total. The molecule has 2 N–H and O–H groups in total. The van der Waals surface area contributed by atoms with Gasteiger partial charge in [-0.25, -0.2) is 13.4 Å². The molecule has 0 spiro atoms. The Kier molecular flexibility index (Phi) is 5.73. The average molecular weight is 532 g/mol. The predicted octanol–water partition coefficient (Wildman–Crippen LogP) is 4.44. The van der Waals surface area contributed by atoms with Crippen LogP contribution in [0.4, 0.5) is 0 Å². The third kappa shape index (κ3) is 3.93. The molecule has 2 aromatic carbocycles. The number of ketones is 1. The summed E-state index contributed by atoms with van der Waals surface area (Å²) in [7, 11) is -1.80. The molecule has 0 amide bonds. The van der Waals surface area contributed by atoms with Crippen molar-refractivity contribution in [2.45, 2.75) is 24.2 Å². The highest BCUT2D eigenvalue weighted by Gasteiger charge is 2.32. The summed E-state index contributed by atoms with van der Waals surface area (Å²) in [6.07, 6.45) is 7.78. The van der Waals surface area contributed by atoms with Crippen molar-refractivity contribution in [3.8, 4) is 28.4 Å². The number of sulfonamides is 1. The normalized spacial score (nSPS) is 17.2. The summed E-state index contributed by atoms with van der Waals surface area (Å²) < 4.78 is 35.7. The minimum absolute atomic E-state index is 0.00960. The van der Waals surface area contributed by atoms with Gasteiger partial charge in [-0.15, -0.1) is 0 Å².